The van der Waals surface area contributed by atoms with Gasteiger partial charge in [0, 0.05) is 24.3 Å². The Morgan fingerprint density at radius 1 is 0.884 bits per heavy atom. The third-order valence-corrected chi connectivity index (χ3v) is 10.2. The smallest absolute Gasteiger partial charge is 0.243 e. The summed E-state index contributed by atoms with van der Waals surface area (Å²) in [6.45, 7) is 0.778. The van der Waals surface area contributed by atoms with E-state index >= 15 is 0 Å². The minimum atomic E-state index is -3.93. The van der Waals surface area contributed by atoms with E-state index in [1.165, 1.54) is 9.87 Å². The molecule has 4 aromatic carbocycles. The maximum Gasteiger partial charge on any atom is 0.243 e. The van der Waals surface area contributed by atoms with Crippen molar-refractivity contribution in [2.75, 3.05) is 20.8 Å². The zero-order valence-corrected chi connectivity index (χ0v) is 25.7. The van der Waals surface area contributed by atoms with Gasteiger partial charge in [-0.05, 0) is 96.1 Å². The summed E-state index contributed by atoms with van der Waals surface area (Å²) in [6.07, 6.45) is 4.78. The molecular formula is C34H33ClN2O5S. The van der Waals surface area contributed by atoms with Gasteiger partial charge in [-0.15, -0.1) is 0 Å². The molecule has 7 nitrogen and oxygen atoms in total. The van der Waals surface area contributed by atoms with Gasteiger partial charge in [0.15, 0.2) is 0 Å². The molecule has 1 spiro atoms. The monoisotopic (exact) mass is 616 g/mol. The molecule has 0 fully saturated rings. The number of rotatable bonds is 8. The van der Waals surface area contributed by atoms with Crippen LogP contribution in [-0.2, 0) is 34.9 Å². The molecular weight excluding hydrogens is 584 g/mol. The van der Waals surface area contributed by atoms with Gasteiger partial charge in [0.05, 0.1) is 24.5 Å². The summed E-state index contributed by atoms with van der Waals surface area (Å²) in [7, 11) is -0.731. The van der Waals surface area contributed by atoms with E-state index in [0.29, 0.717) is 34.6 Å². The van der Waals surface area contributed by atoms with E-state index < -0.39 is 15.4 Å². The van der Waals surface area contributed by atoms with E-state index in [2.05, 4.69) is 6.07 Å². The Kier molecular flexibility index (Phi) is 8.18. The highest BCUT2D eigenvalue weighted by atomic mass is 35.5. The van der Waals surface area contributed by atoms with E-state index in [4.69, 9.17) is 30.8 Å². The quantitative estimate of drug-likeness (QED) is 0.211. The number of aliphatic imine (C=N–C) groups is 1. The summed E-state index contributed by atoms with van der Waals surface area (Å²) in [5, 5.41) is 0.717. The Labute approximate surface area is 257 Å². The van der Waals surface area contributed by atoms with Crippen molar-refractivity contribution in [2.45, 2.75) is 42.7 Å². The zero-order chi connectivity index (χ0) is 30.0. The van der Waals surface area contributed by atoms with Crippen molar-refractivity contribution >= 4 is 33.5 Å². The first-order valence-electron chi connectivity index (χ1n) is 14.2. The van der Waals surface area contributed by atoms with Gasteiger partial charge in [-0.3, -0.25) is 4.99 Å². The number of hydrogen-bond donors (Lipinski definition) is 0. The lowest BCUT2D eigenvalue weighted by Gasteiger charge is -2.35. The molecule has 222 valence electrons. The van der Waals surface area contributed by atoms with Crippen molar-refractivity contribution in [1.29, 1.82) is 0 Å². The predicted molar refractivity (Wildman–Crippen MR) is 169 cm³/mol. The highest BCUT2D eigenvalue weighted by molar-refractivity contribution is 7.89. The van der Waals surface area contributed by atoms with Gasteiger partial charge >= 0.3 is 0 Å². The SMILES string of the molecule is COc1ccc(CN(Cc2ccc(OC)cc2)S(=O)(=O)c2ccc3c(c2)N=C[C@@]2(CCCc4cc(Cl)ccc42)CO3)cc1. The molecule has 6 rings (SSSR count). The average molecular weight is 617 g/mol. The van der Waals surface area contributed by atoms with Gasteiger partial charge in [-0.25, -0.2) is 8.42 Å². The van der Waals surface area contributed by atoms with Crippen LogP contribution in [0, 0.1) is 0 Å². The summed E-state index contributed by atoms with van der Waals surface area (Å²) in [5.74, 6) is 1.97. The van der Waals surface area contributed by atoms with Gasteiger partial charge in [-0.1, -0.05) is 41.9 Å². The third kappa shape index (κ3) is 6.00. The second-order valence-corrected chi connectivity index (χ2v) is 13.3. The molecule has 0 N–H and O–H groups in total. The Balaban J connectivity index is 1.33. The van der Waals surface area contributed by atoms with Crippen LogP contribution in [0.1, 0.15) is 35.1 Å². The normalized spacial score (nSPS) is 17.6. The van der Waals surface area contributed by atoms with Crippen molar-refractivity contribution < 1.29 is 22.6 Å². The molecule has 0 radical (unpaired) electrons. The molecule has 1 aliphatic heterocycles. The average Bonchev–Trinajstić information content (AvgIpc) is 3.21. The second-order valence-electron chi connectivity index (χ2n) is 11.0. The standard InChI is InChI=1S/C34H33ClN2O5S/c1-40-28-10-5-24(6-11-28)20-37(21-25-7-12-29(41-2)13-8-25)43(38,39)30-14-16-33-32(19-30)36-22-34(23-42-33)17-3-4-26-18-27(35)9-15-31(26)34/h5-16,18-19,22H,3-4,17,20-21,23H2,1-2H3/t34-/m0/s1. The Bertz CT molecular complexity index is 1710. The number of halogens is 1. The highest BCUT2D eigenvalue weighted by Crippen LogP contribution is 2.42. The van der Waals surface area contributed by atoms with Crippen molar-refractivity contribution in [3.8, 4) is 17.2 Å². The number of methoxy groups -OCH3 is 2. The lowest BCUT2D eigenvalue weighted by atomic mass is 9.71. The molecule has 2 aliphatic rings. The third-order valence-electron chi connectivity index (χ3n) is 8.21. The molecule has 0 unspecified atom stereocenters. The molecule has 0 bridgehead atoms. The van der Waals surface area contributed by atoms with E-state index in [1.54, 1.807) is 32.4 Å². The van der Waals surface area contributed by atoms with Crippen LogP contribution in [0.25, 0.3) is 0 Å². The van der Waals surface area contributed by atoms with Crippen LogP contribution in [0.2, 0.25) is 5.02 Å². The van der Waals surface area contributed by atoms with Crippen LogP contribution in [0.4, 0.5) is 5.69 Å². The van der Waals surface area contributed by atoms with Gasteiger partial charge < -0.3 is 14.2 Å². The number of sulfonamides is 1. The molecule has 0 amide bonds. The van der Waals surface area contributed by atoms with Crippen molar-refractivity contribution in [3.05, 3.63) is 112 Å². The highest BCUT2D eigenvalue weighted by Gasteiger charge is 2.38. The van der Waals surface area contributed by atoms with Gasteiger partial charge in [0.25, 0.3) is 0 Å². The number of hydrogen-bond acceptors (Lipinski definition) is 6. The maximum absolute atomic E-state index is 14.2. The van der Waals surface area contributed by atoms with Crippen LogP contribution in [0.3, 0.4) is 0 Å². The van der Waals surface area contributed by atoms with Gasteiger partial charge in [0.2, 0.25) is 10.0 Å². The Morgan fingerprint density at radius 2 is 1.53 bits per heavy atom. The lowest BCUT2D eigenvalue weighted by Crippen LogP contribution is -2.38. The second kappa shape index (κ2) is 12.0. The van der Waals surface area contributed by atoms with Crippen molar-refractivity contribution in [3.63, 3.8) is 0 Å². The maximum atomic E-state index is 14.2. The molecule has 4 aromatic rings. The van der Waals surface area contributed by atoms with Crippen LogP contribution in [0.15, 0.2) is 94.8 Å². The molecule has 1 atom stereocenters. The van der Waals surface area contributed by atoms with Crippen LogP contribution in [0.5, 0.6) is 17.2 Å². The lowest BCUT2D eigenvalue weighted by molar-refractivity contribution is 0.249. The number of aryl methyl sites for hydroxylation is 1. The summed E-state index contributed by atoms with van der Waals surface area (Å²) >= 11 is 6.29. The molecule has 1 heterocycles. The zero-order valence-electron chi connectivity index (χ0n) is 24.1. The first-order valence-corrected chi connectivity index (χ1v) is 16.0. The summed E-state index contributed by atoms with van der Waals surface area (Å²) in [4.78, 5) is 4.98. The van der Waals surface area contributed by atoms with Gasteiger partial charge in [-0.2, -0.15) is 4.31 Å². The molecule has 43 heavy (non-hydrogen) atoms. The fourth-order valence-electron chi connectivity index (χ4n) is 5.83. The largest absolute Gasteiger partial charge is 0.497 e. The Morgan fingerprint density at radius 3 is 2.16 bits per heavy atom. The van der Waals surface area contributed by atoms with Crippen LogP contribution < -0.4 is 14.2 Å². The number of ether oxygens (including phenoxy) is 3. The first-order chi connectivity index (χ1) is 20.8. The summed E-state index contributed by atoms with van der Waals surface area (Å²) in [6, 6.07) is 25.7. The summed E-state index contributed by atoms with van der Waals surface area (Å²) < 4.78 is 46.8. The van der Waals surface area contributed by atoms with Crippen LogP contribution in [-0.4, -0.2) is 39.8 Å². The van der Waals surface area contributed by atoms with Crippen LogP contribution >= 0.6 is 11.6 Å². The Hall–Kier alpha value is -3.85. The van der Waals surface area contributed by atoms with Gasteiger partial charge in [0.1, 0.15) is 29.5 Å². The van der Waals surface area contributed by atoms with E-state index in [0.717, 1.165) is 36.0 Å². The van der Waals surface area contributed by atoms with E-state index in [-0.39, 0.29) is 18.0 Å². The molecule has 1 aliphatic carbocycles. The molecule has 0 aromatic heterocycles. The minimum absolute atomic E-state index is 0.154. The number of nitrogens with zero attached hydrogens (tertiary/aromatic N) is 2. The minimum Gasteiger partial charge on any atom is -0.497 e. The predicted octanol–water partition coefficient (Wildman–Crippen LogP) is 7.12. The fraction of sp³-hybridized carbons (Fsp3) is 0.265. The van der Waals surface area contributed by atoms with Crippen molar-refractivity contribution in [2.24, 2.45) is 4.99 Å². The summed E-state index contributed by atoms with van der Waals surface area (Å²) in [5.41, 5.74) is 4.14. The van der Waals surface area contributed by atoms with E-state index in [1.807, 2.05) is 66.9 Å². The number of fused-ring (bicyclic) bond motifs is 3. The van der Waals surface area contributed by atoms with Crippen molar-refractivity contribution in [1.82, 2.24) is 4.31 Å². The topological polar surface area (TPSA) is 77.4 Å². The van der Waals surface area contributed by atoms with E-state index in [9.17, 15) is 8.42 Å². The first kappa shape index (κ1) is 29.2. The fourth-order valence-corrected chi connectivity index (χ4v) is 7.46. The number of benzene rings is 4. The molecule has 0 saturated carbocycles. The molecule has 0 saturated heterocycles. The molecule has 9 heteroatoms.